The van der Waals surface area contributed by atoms with Gasteiger partial charge in [0.15, 0.2) is 5.82 Å². The Balaban J connectivity index is 1.49. The number of carbonyl (C=O) groups excluding carboxylic acids is 2. The number of carbonyl (C=O) groups is 2. The van der Waals surface area contributed by atoms with Crippen molar-refractivity contribution in [3.05, 3.63) is 11.7 Å². The summed E-state index contributed by atoms with van der Waals surface area (Å²) in [6.07, 6.45) is 4.38. The predicted molar refractivity (Wildman–Crippen MR) is 85.9 cm³/mol. The van der Waals surface area contributed by atoms with Crippen molar-refractivity contribution in [1.82, 2.24) is 19.9 Å². The lowest BCUT2D eigenvalue weighted by Crippen LogP contribution is -2.49. The van der Waals surface area contributed by atoms with Crippen LogP contribution in [0.15, 0.2) is 4.52 Å². The second-order valence-corrected chi connectivity index (χ2v) is 6.83. The summed E-state index contributed by atoms with van der Waals surface area (Å²) in [6.45, 7) is 4.42. The second-order valence-electron chi connectivity index (χ2n) is 6.83. The minimum Gasteiger partial charge on any atom is -0.351 e. The molecule has 132 valence electrons. The molecule has 8 nitrogen and oxygen atoms in total. The van der Waals surface area contributed by atoms with E-state index in [9.17, 15) is 9.59 Å². The Morgan fingerprint density at radius 2 is 1.96 bits per heavy atom. The first-order valence-corrected chi connectivity index (χ1v) is 8.65. The highest BCUT2D eigenvalue weighted by Crippen LogP contribution is 2.24. The van der Waals surface area contributed by atoms with Gasteiger partial charge in [0.25, 0.3) is 0 Å². The van der Waals surface area contributed by atoms with E-state index in [1.54, 1.807) is 11.8 Å². The van der Waals surface area contributed by atoms with Crippen LogP contribution in [0.3, 0.4) is 0 Å². The molecule has 0 aliphatic carbocycles. The highest BCUT2D eigenvalue weighted by Gasteiger charge is 2.32. The van der Waals surface area contributed by atoms with Gasteiger partial charge >= 0.3 is 6.03 Å². The van der Waals surface area contributed by atoms with Crippen LogP contribution in [0.25, 0.3) is 0 Å². The van der Waals surface area contributed by atoms with Gasteiger partial charge in [-0.3, -0.25) is 4.79 Å². The quantitative estimate of drug-likeness (QED) is 0.885. The Morgan fingerprint density at radius 3 is 2.58 bits per heavy atom. The number of nitrogens with zero attached hydrogens (tertiary/aromatic N) is 4. The smallest absolute Gasteiger partial charge is 0.314 e. The van der Waals surface area contributed by atoms with Gasteiger partial charge in [0.2, 0.25) is 11.8 Å². The first kappa shape index (κ1) is 16.7. The van der Waals surface area contributed by atoms with Crippen LogP contribution in [0, 0.1) is 18.8 Å². The zero-order valence-corrected chi connectivity index (χ0v) is 14.1. The minimum atomic E-state index is -0.429. The van der Waals surface area contributed by atoms with E-state index in [1.165, 1.54) is 0 Å². The number of hydrogen-bond acceptors (Lipinski definition) is 5. The Kier molecular flexibility index (Phi) is 5.01. The third kappa shape index (κ3) is 3.85. The molecule has 1 unspecified atom stereocenters. The zero-order valence-electron chi connectivity index (χ0n) is 14.1. The molecule has 0 saturated carbocycles. The van der Waals surface area contributed by atoms with Crippen molar-refractivity contribution in [1.29, 1.82) is 0 Å². The lowest BCUT2D eigenvalue weighted by molar-refractivity contribution is -0.138. The first-order chi connectivity index (χ1) is 11.5. The van der Waals surface area contributed by atoms with Crippen molar-refractivity contribution < 1.29 is 14.1 Å². The molecule has 2 fully saturated rings. The normalized spacial score (nSPS) is 22.6. The van der Waals surface area contributed by atoms with Gasteiger partial charge in [0.05, 0.1) is 5.92 Å². The van der Waals surface area contributed by atoms with Gasteiger partial charge in [-0.25, -0.2) is 4.79 Å². The number of urea groups is 1. The summed E-state index contributed by atoms with van der Waals surface area (Å²) in [4.78, 5) is 31.8. The minimum absolute atomic E-state index is 0.109. The predicted octanol–water partition coefficient (Wildman–Crippen LogP) is 0.950. The molecule has 3 amide bonds. The molecule has 24 heavy (non-hydrogen) atoms. The molecule has 2 N–H and O–H groups in total. The highest BCUT2D eigenvalue weighted by molar-refractivity contribution is 5.80. The molecule has 3 rings (SSSR count). The largest absolute Gasteiger partial charge is 0.351 e. The van der Waals surface area contributed by atoms with E-state index >= 15 is 0 Å². The van der Waals surface area contributed by atoms with Crippen molar-refractivity contribution >= 4 is 11.9 Å². The molecule has 2 saturated heterocycles. The van der Waals surface area contributed by atoms with E-state index in [0.717, 1.165) is 51.0 Å². The van der Waals surface area contributed by atoms with Gasteiger partial charge in [-0.1, -0.05) is 5.16 Å². The second kappa shape index (κ2) is 7.19. The Hall–Kier alpha value is -2.12. The molecule has 2 aliphatic heterocycles. The van der Waals surface area contributed by atoms with Gasteiger partial charge in [-0.15, -0.1) is 0 Å². The summed E-state index contributed by atoms with van der Waals surface area (Å²) in [6, 6.07) is -0.429. The third-order valence-electron chi connectivity index (χ3n) is 5.05. The molecular formula is C16H25N5O3. The van der Waals surface area contributed by atoms with Gasteiger partial charge in [0.1, 0.15) is 0 Å². The van der Waals surface area contributed by atoms with Crippen molar-refractivity contribution in [2.24, 2.45) is 17.6 Å². The number of piperidine rings is 2. The van der Waals surface area contributed by atoms with Crippen LogP contribution in [0.1, 0.15) is 37.4 Å². The van der Waals surface area contributed by atoms with Gasteiger partial charge in [-0.05, 0) is 31.6 Å². The summed E-state index contributed by atoms with van der Waals surface area (Å²) >= 11 is 0. The van der Waals surface area contributed by atoms with Crippen LogP contribution in [0.5, 0.6) is 0 Å². The van der Waals surface area contributed by atoms with Crippen LogP contribution in [-0.4, -0.2) is 58.1 Å². The maximum Gasteiger partial charge on any atom is 0.314 e. The maximum absolute atomic E-state index is 12.7. The van der Waals surface area contributed by atoms with Crippen molar-refractivity contribution in [3.8, 4) is 0 Å². The number of likely N-dealkylation sites (tertiary alicyclic amines) is 2. The summed E-state index contributed by atoms with van der Waals surface area (Å²) in [5.74, 6) is 1.88. The van der Waals surface area contributed by atoms with Crippen molar-refractivity contribution in [3.63, 3.8) is 0 Å². The van der Waals surface area contributed by atoms with E-state index in [4.69, 9.17) is 10.3 Å². The van der Waals surface area contributed by atoms with Crippen molar-refractivity contribution in [2.75, 3.05) is 26.2 Å². The van der Waals surface area contributed by atoms with E-state index in [1.807, 2.05) is 4.90 Å². The Bertz CT molecular complexity index is 594. The SMILES string of the molecule is Cc1nc(CC2CCN(C(=O)C3CCCN(C(N)=O)C3)CC2)no1. The number of nitrogens with two attached hydrogens (primary N) is 1. The van der Waals surface area contributed by atoms with Crippen molar-refractivity contribution in [2.45, 2.75) is 39.0 Å². The molecule has 0 aromatic carbocycles. The molecule has 0 spiro atoms. The lowest BCUT2D eigenvalue weighted by atomic mass is 9.91. The number of aryl methyl sites for hydroxylation is 1. The van der Waals surface area contributed by atoms with Crippen LogP contribution in [0.4, 0.5) is 4.79 Å². The summed E-state index contributed by atoms with van der Waals surface area (Å²) < 4.78 is 5.01. The summed E-state index contributed by atoms with van der Waals surface area (Å²) in [7, 11) is 0. The van der Waals surface area contributed by atoms with Crippen LogP contribution < -0.4 is 5.73 Å². The molecule has 1 aromatic rings. The standard InChI is InChI=1S/C16H25N5O3/c1-11-18-14(19-24-11)9-12-4-7-20(8-5-12)15(22)13-3-2-6-21(10-13)16(17)23/h12-13H,2-10H2,1H3,(H2,17,23). The van der Waals surface area contributed by atoms with Crippen LogP contribution in [0.2, 0.25) is 0 Å². The fourth-order valence-corrected chi connectivity index (χ4v) is 3.68. The number of amides is 3. The van der Waals surface area contributed by atoms with Gasteiger partial charge < -0.3 is 20.1 Å². The average molecular weight is 335 g/mol. The highest BCUT2D eigenvalue weighted by atomic mass is 16.5. The third-order valence-corrected chi connectivity index (χ3v) is 5.05. The fourth-order valence-electron chi connectivity index (χ4n) is 3.68. The Labute approximate surface area is 141 Å². The lowest BCUT2D eigenvalue weighted by Gasteiger charge is -2.37. The van der Waals surface area contributed by atoms with E-state index in [2.05, 4.69) is 10.1 Å². The Morgan fingerprint density at radius 1 is 1.21 bits per heavy atom. The summed E-state index contributed by atoms with van der Waals surface area (Å²) in [5.41, 5.74) is 5.34. The summed E-state index contributed by atoms with van der Waals surface area (Å²) in [5, 5.41) is 3.95. The van der Waals surface area contributed by atoms with E-state index in [-0.39, 0.29) is 11.8 Å². The monoisotopic (exact) mass is 335 g/mol. The molecule has 1 aromatic heterocycles. The molecule has 0 radical (unpaired) electrons. The molecule has 8 heteroatoms. The van der Waals surface area contributed by atoms with Crippen LogP contribution >= 0.6 is 0 Å². The number of primary amides is 1. The maximum atomic E-state index is 12.7. The topological polar surface area (TPSA) is 106 Å². The molecule has 3 heterocycles. The van der Waals surface area contributed by atoms with Crippen LogP contribution in [-0.2, 0) is 11.2 Å². The zero-order chi connectivity index (χ0) is 17.1. The number of hydrogen-bond donors (Lipinski definition) is 1. The first-order valence-electron chi connectivity index (χ1n) is 8.65. The molecule has 1 atom stereocenters. The fraction of sp³-hybridized carbons (Fsp3) is 0.750. The average Bonchev–Trinajstić information content (AvgIpc) is 3.00. The molecular weight excluding hydrogens is 310 g/mol. The van der Waals surface area contributed by atoms with Gasteiger partial charge in [-0.2, -0.15) is 4.98 Å². The van der Waals surface area contributed by atoms with E-state index < -0.39 is 6.03 Å². The number of aromatic nitrogens is 2. The van der Waals surface area contributed by atoms with E-state index in [0.29, 0.717) is 24.9 Å². The number of rotatable bonds is 3. The molecule has 2 aliphatic rings. The van der Waals surface area contributed by atoms with Gasteiger partial charge in [0, 0.05) is 39.5 Å². The molecule has 0 bridgehead atoms.